The fourth-order valence-electron chi connectivity index (χ4n) is 2.71. The SMILES string of the molecule is Nc1nc(-c2ccco2)c2ncn(CC(=O)NCc3ccccc3F)c2n1. The first-order chi connectivity index (χ1) is 13.1. The number of rotatable bonds is 5. The van der Waals surface area contributed by atoms with E-state index in [0.29, 0.717) is 28.2 Å². The third-order valence-electron chi connectivity index (χ3n) is 3.98. The number of benzene rings is 1. The van der Waals surface area contributed by atoms with Crippen molar-refractivity contribution in [2.24, 2.45) is 0 Å². The molecule has 0 aliphatic rings. The zero-order valence-corrected chi connectivity index (χ0v) is 14.1. The highest BCUT2D eigenvalue weighted by Gasteiger charge is 2.17. The van der Waals surface area contributed by atoms with Crippen molar-refractivity contribution in [3.63, 3.8) is 0 Å². The van der Waals surface area contributed by atoms with Gasteiger partial charge >= 0.3 is 0 Å². The predicted molar refractivity (Wildman–Crippen MR) is 95.7 cm³/mol. The lowest BCUT2D eigenvalue weighted by atomic mass is 10.2. The van der Waals surface area contributed by atoms with Crippen LogP contribution >= 0.6 is 0 Å². The Kier molecular flexibility index (Phi) is 4.25. The molecule has 136 valence electrons. The number of amides is 1. The molecule has 1 aromatic carbocycles. The number of nitrogens with zero attached hydrogens (tertiary/aromatic N) is 4. The summed E-state index contributed by atoms with van der Waals surface area (Å²) in [7, 11) is 0. The maximum Gasteiger partial charge on any atom is 0.240 e. The first kappa shape index (κ1) is 16.7. The number of aromatic nitrogens is 4. The minimum absolute atomic E-state index is 0.0427. The minimum atomic E-state index is -0.366. The monoisotopic (exact) mass is 366 g/mol. The van der Waals surface area contributed by atoms with Crippen LogP contribution in [0.5, 0.6) is 0 Å². The molecule has 27 heavy (non-hydrogen) atoms. The van der Waals surface area contributed by atoms with Gasteiger partial charge in [-0.25, -0.2) is 14.4 Å². The van der Waals surface area contributed by atoms with Gasteiger partial charge in [0.25, 0.3) is 0 Å². The summed E-state index contributed by atoms with van der Waals surface area (Å²) in [5.41, 5.74) is 7.54. The number of carbonyl (C=O) groups excluding carboxylic acids is 1. The first-order valence-electron chi connectivity index (χ1n) is 8.14. The van der Waals surface area contributed by atoms with Gasteiger partial charge in [-0.2, -0.15) is 4.98 Å². The molecular weight excluding hydrogens is 351 g/mol. The Morgan fingerprint density at radius 2 is 2.07 bits per heavy atom. The Morgan fingerprint density at radius 3 is 2.85 bits per heavy atom. The van der Waals surface area contributed by atoms with Crippen molar-refractivity contribution >= 4 is 23.0 Å². The second-order valence-electron chi connectivity index (χ2n) is 5.82. The summed E-state index contributed by atoms with van der Waals surface area (Å²) in [5, 5.41) is 2.68. The summed E-state index contributed by atoms with van der Waals surface area (Å²) in [6, 6.07) is 9.74. The molecule has 0 aliphatic carbocycles. The van der Waals surface area contributed by atoms with Crippen LogP contribution in [0.15, 0.2) is 53.4 Å². The van der Waals surface area contributed by atoms with Gasteiger partial charge in [0.2, 0.25) is 11.9 Å². The van der Waals surface area contributed by atoms with Gasteiger partial charge in [0.1, 0.15) is 23.6 Å². The van der Waals surface area contributed by atoms with Gasteiger partial charge in [0.05, 0.1) is 12.6 Å². The fraction of sp³-hybridized carbons (Fsp3) is 0.111. The molecule has 0 saturated carbocycles. The van der Waals surface area contributed by atoms with Crippen LogP contribution in [-0.4, -0.2) is 25.4 Å². The maximum atomic E-state index is 13.6. The van der Waals surface area contributed by atoms with E-state index in [4.69, 9.17) is 10.2 Å². The summed E-state index contributed by atoms with van der Waals surface area (Å²) in [6.45, 7) is 0.0475. The summed E-state index contributed by atoms with van der Waals surface area (Å²) in [5.74, 6) is -0.130. The summed E-state index contributed by atoms with van der Waals surface area (Å²) in [6.07, 6.45) is 3.00. The molecule has 0 aliphatic heterocycles. The van der Waals surface area contributed by atoms with Crippen molar-refractivity contribution in [1.82, 2.24) is 24.8 Å². The number of furan rings is 1. The van der Waals surface area contributed by atoms with Crippen molar-refractivity contribution in [1.29, 1.82) is 0 Å². The van der Waals surface area contributed by atoms with Crippen LogP contribution in [0.1, 0.15) is 5.56 Å². The molecule has 0 fully saturated rings. The van der Waals surface area contributed by atoms with Crippen LogP contribution in [0.3, 0.4) is 0 Å². The molecule has 4 rings (SSSR count). The number of hydrogen-bond donors (Lipinski definition) is 2. The highest BCUT2D eigenvalue weighted by atomic mass is 19.1. The molecule has 0 spiro atoms. The number of imidazole rings is 1. The highest BCUT2D eigenvalue weighted by molar-refractivity contribution is 5.87. The molecule has 8 nitrogen and oxygen atoms in total. The highest BCUT2D eigenvalue weighted by Crippen LogP contribution is 2.25. The minimum Gasteiger partial charge on any atom is -0.463 e. The van der Waals surface area contributed by atoms with E-state index >= 15 is 0 Å². The third kappa shape index (κ3) is 3.34. The van der Waals surface area contributed by atoms with Gasteiger partial charge in [0, 0.05) is 12.1 Å². The number of nitrogens with one attached hydrogen (secondary N) is 1. The van der Waals surface area contributed by atoms with E-state index in [0.717, 1.165) is 0 Å². The molecular formula is C18H15FN6O2. The van der Waals surface area contributed by atoms with Gasteiger partial charge in [-0.15, -0.1) is 0 Å². The van der Waals surface area contributed by atoms with Gasteiger partial charge in [-0.3, -0.25) is 4.79 Å². The number of hydrogen-bond acceptors (Lipinski definition) is 6. The molecule has 0 saturated heterocycles. The normalized spacial score (nSPS) is 11.0. The molecule has 9 heteroatoms. The predicted octanol–water partition coefficient (Wildman–Crippen LogP) is 2.12. The third-order valence-corrected chi connectivity index (χ3v) is 3.98. The number of fused-ring (bicyclic) bond motifs is 1. The molecule has 4 aromatic rings. The standard InChI is InChI=1S/C18H15FN6O2/c19-12-5-2-1-4-11(12)8-21-14(26)9-25-10-22-16-15(13-6-3-7-27-13)23-18(20)24-17(16)25/h1-7,10H,8-9H2,(H,21,26)(H2,20,23,24). The Balaban J connectivity index is 1.56. The maximum absolute atomic E-state index is 13.6. The van der Waals surface area contributed by atoms with Crippen molar-refractivity contribution in [2.45, 2.75) is 13.1 Å². The van der Waals surface area contributed by atoms with Gasteiger partial charge in [0.15, 0.2) is 11.4 Å². The average molecular weight is 366 g/mol. The van der Waals surface area contributed by atoms with Crippen molar-refractivity contribution < 1.29 is 13.6 Å². The molecule has 0 bridgehead atoms. The van der Waals surface area contributed by atoms with E-state index in [1.807, 2.05) is 0 Å². The quantitative estimate of drug-likeness (QED) is 0.560. The Labute approximate surface area is 152 Å². The summed E-state index contributed by atoms with van der Waals surface area (Å²) in [4.78, 5) is 24.9. The molecule has 3 aromatic heterocycles. The molecule has 1 amide bonds. The zero-order valence-electron chi connectivity index (χ0n) is 14.1. The smallest absolute Gasteiger partial charge is 0.240 e. The molecule has 0 unspecified atom stereocenters. The summed E-state index contributed by atoms with van der Waals surface area (Å²) >= 11 is 0. The first-order valence-corrected chi connectivity index (χ1v) is 8.14. The van der Waals surface area contributed by atoms with E-state index in [1.54, 1.807) is 34.9 Å². The van der Waals surface area contributed by atoms with E-state index in [9.17, 15) is 9.18 Å². The second-order valence-corrected chi connectivity index (χ2v) is 5.82. The lowest BCUT2D eigenvalue weighted by Crippen LogP contribution is -2.27. The van der Waals surface area contributed by atoms with E-state index in [1.165, 1.54) is 18.7 Å². The van der Waals surface area contributed by atoms with E-state index < -0.39 is 0 Å². The van der Waals surface area contributed by atoms with Crippen LogP contribution in [0.2, 0.25) is 0 Å². The number of halogens is 1. The van der Waals surface area contributed by atoms with Crippen LogP contribution in [-0.2, 0) is 17.9 Å². The Morgan fingerprint density at radius 1 is 1.22 bits per heavy atom. The topological polar surface area (TPSA) is 112 Å². The van der Waals surface area contributed by atoms with E-state index in [2.05, 4.69) is 20.3 Å². The van der Waals surface area contributed by atoms with Crippen LogP contribution < -0.4 is 11.1 Å². The van der Waals surface area contributed by atoms with Crippen LogP contribution in [0.4, 0.5) is 10.3 Å². The molecule has 0 radical (unpaired) electrons. The zero-order chi connectivity index (χ0) is 18.8. The lowest BCUT2D eigenvalue weighted by molar-refractivity contribution is -0.121. The van der Waals surface area contributed by atoms with Crippen LogP contribution in [0.25, 0.3) is 22.6 Å². The van der Waals surface area contributed by atoms with Crippen molar-refractivity contribution in [3.8, 4) is 11.5 Å². The number of nitrogen functional groups attached to an aromatic ring is 1. The van der Waals surface area contributed by atoms with Gasteiger partial charge in [-0.1, -0.05) is 18.2 Å². The summed E-state index contributed by atoms with van der Waals surface area (Å²) < 4.78 is 20.6. The molecule has 3 N–H and O–H groups in total. The Hall–Kier alpha value is -3.75. The fourth-order valence-corrected chi connectivity index (χ4v) is 2.71. The molecule has 0 atom stereocenters. The van der Waals surface area contributed by atoms with E-state index in [-0.39, 0.29) is 30.8 Å². The second kappa shape index (κ2) is 6.87. The number of nitrogens with two attached hydrogens (primary N) is 1. The lowest BCUT2D eigenvalue weighted by Gasteiger charge is -2.08. The van der Waals surface area contributed by atoms with Crippen molar-refractivity contribution in [2.75, 3.05) is 5.73 Å². The largest absolute Gasteiger partial charge is 0.463 e. The van der Waals surface area contributed by atoms with Gasteiger partial charge < -0.3 is 20.0 Å². The van der Waals surface area contributed by atoms with Crippen LogP contribution in [0, 0.1) is 5.82 Å². The number of anilines is 1. The molecule has 3 heterocycles. The Bertz CT molecular complexity index is 1110. The van der Waals surface area contributed by atoms with Crippen molar-refractivity contribution in [3.05, 3.63) is 60.4 Å². The average Bonchev–Trinajstić information content (AvgIpc) is 3.31. The van der Waals surface area contributed by atoms with Gasteiger partial charge in [-0.05, 0) is 18.2 Å². The number of carbonyl (C=O) groups is 1.